The average molecular weight is 224 g/mol. The minimum absolute atomic E-state index is 0.110. The lowest BCUT2D eigenvalue weighted by Gasteiger charge is -2.28. The van der Waals surface area contributed by atoms with Crippen molar-refractivity contribution in [2.24, 2.45) is 0 Å². The van der Waals surface area contributed by atoms with Crippen molar-refractivity contribution >= 4 is 11.8 Å². The molecular weight excluding hydrogens is 204 g/mol. The van der Waals surface area contributed by atoms with Gasteiger partial charge in [-0.15, -0.1) is 0 Å². The quantitative estimate of drug-likeness (QED) is 0.751. The molecule has 16 heavy (non-hydrogen) atoms. The van der Waals surface area contributed by atoms with Gasteiger partial charge >= 0.3 is 6.03 Å². The molecule has 1 unspecified atom stereocenters. The molecule has 4 nitrogen and oxygen atoms in total. The molecule has 0 radical (unpaired) electrons. The molecule has 0 aromatic rings. The fraction of sp³-hybridized carbons (Fsp3) is 0.667. The highest BCUT2D eigenvalue weighted by Crippen LogP contribution is 2.19. The molecule has 0 saturated carbocycles. The van der Waals surface area contributed by atoms with E-state index < -0.39 is 0 Å². The third-order valence-electron chi connectivity index (χ3n) is 2.83. The topological polar surface area (TPSA) is 58.2 Å². The standard InChI is InChI=1S/C12H20N2O2/c1-4-6-7-9-11(10(15)5-2)8(3)13-12(16)14-9/h9H,4-7H2,1-3H3,(H2,13,14,16). The number of unbranched alkanes of at least 4 members (excludes halogenated alkanes) is 1. The lowest BCUT2D eigenvalue weighted by atomic mass is 9.93. The number of amides is 2. The summed E-state index contributed by atoms with van der Waals surface area (Å²) in [5, 5.41) is 5.48. The van der Waals surface area contributed by atoms with Crippen molar-refractivity contribution in [3.8, 4) is 0 Å². The Morgan fingerprint density at radius 3 is 2.62 bits per heavy atom. The van der Waals surface area contributed by atoms with Gasteiger partial charge in [0.15, 0.2) is 5.78 Å². The van der Waals surface area contributed by atoms with Gasteiger partial charge in [-0.2, -0.15) is 0 Å². The molecule has 2 N–H and O–H groups in total. The van der Waals surface area contributed by atoms with E-state index in [9.17, 15) is 9.59 Å². The van der Waals surface area contributed by atoms with Crippen molar-refractivity contribution in [3.05, 3.63) is 11.3 Å². The first-order valence-corrected chi connectivity index (χ1v) is 5.91. The SMILES string of the molecule is CCCCC1NC(=O)NC(C)=C1C(=O)CC. The van der Waals surface area contributed by atoms with Gasteiger partial charge in [-0.25, -0.2) is 4.79 Å². The number of hydrogen-bond acceptors (Lipinski definition) is 2. The zero-order valence-corrected chi connectivity index (χ0v) is 10.2. The molecule has 0 fully saturated rings. The first kappa shape index (κ1) is 12.7. The Hall–Kier alpha value is -1.32. The molecule has 1 heterocycles. The smallest absolute Gasteiger partial charge is 0.319 e. The Bertz CT molecular complexity index is 321. The molecule has 0 aromatic carbocycles. The van der Waals surface area contributed by atoms with Gasteiger partial charge in [0.25, 0.3) is 0 Å². The van der Waals surface area contributed by atoms with Gasteiger partial charge in [-0.05, 0) is 13.3 Å². The number of allylic oxidation sites excluding steroid dienone is 1. The monoisotopic (exact) mass is 224 g/mol. The Balaban J connectivity index is 2.89. The molecule has 0 saturated heterocycles. The predicted octanol–water partition coefficient (Wildman–Crippen LogP) is 2.11. The number of urea groups is 1. The van der Waals surface area contributed by atoms with Crippen LogP contribution in [-0.4, -0.2) is 17.9 Å². The minimum atomic E-state index is -0.203. The van der Waals surface area contributed by atoms with Crippen molar-refractivity contribution < 1.29 is 9.59 Å². The van der Waals surface area contributed by atoms with Crippen LogP contribution in [0.1, 0.15) is 46.5 Å². The third kappa shape index (κ3) is 2.84. The second kappa shape index (κ2) is 5.68. The number of Topliss-reactive ketones (excluding diaryl/α,β-unsaturated/α-hetero) is 1. The van der Waals surface area contributed by atoms with Crippen LogP contribution in [0.25, 0.3) is 0 Å². The average Bonchev–Trinajstić information content (AvgIpc) is 2.24. The lowest BCUT2D eigenvalue weighted by molar-refractivity contribution is -0.115. The molecule has 2 amide bonds. The molecule has 90 valence electrons. The van der Waals surface area contributed by atoms with Crippen LogP contribution < -0.4 is 10.6 Å². The van der Waals surface area contributed by atoms with Gasteiger partial charge in [0.1, 0.15) is 0 Å². The normalized spacial score (nSPS) is 20.4. The minimum Gasteiger partial charge on any atom is -0.331 e. The molecular formula is C12H20N2O2. The van der Waals surface area contributed by atoms with E-state index in [1.54, 1.807) is 6.92 Å². The second-order valence-electron chi connectivity index (χ2n) is 4.11. The highest BCUT2D eigenvalue weighted by atomic mass is 16.2. The largest absolute Gasteiger partial charge is 0.331 e. The maximum Gasteiger partial charge on any atom is 0.319 e. The van der Waals surface area contributed by atoms with Crippen LogP contribution in [0, 0.1) is 0 Å². The van der Waals surface area contributed by atoms with Gasteiger partial charge in [0.05, 0.1) is 6.04 Å². The van der Waals surface area contributed by atoms with Crippen molar-refractivity contribution in [1.82, 2.24) is 10.6 Å². The highest BCUT2D eigenvalue weighted by Gasteiger charge is 2.27. The molecule has 0 bridgehead atoms. The van der Waals surface area contributed by atoms with Crippen molar-refractivity contribution in [1.29, 1.82) is 0 Å². The number of rotatable bonds is 5. The number of hydrogen-bond donors (Lipinski definition) is 2. The molecule has 1 atom stereocenters. The number of carbonyl (C=O) groups excluding carboxylic acids is 2. The predicted molar refractivity (Wildman–Crippen MR) is 63.0 cm³/mol. The molecule has 1 aliphatic rings. The molecule has 1 rings (SSSR count). The first-order chi connectivity index (χ1) is 7.60. The summed E-state index contributed by atoms with van der Waals surface area (Å²) in [6, 6.07) is -0.313. The molecule has 4 heteroatoms. The number of carbonyl (C=O) groups is 2. The van der Waals surface area contributed by atoms with Crippen LogP contribution >= 0.6 is 0 Å². The first-order valence-electron chi connectivity index (χ1n) is 5.91. The summed E-state index contributed by atoms with van der Waals surface area (Å²) in [4.78, 5) is 23.1. The fourth-order valence-electron chi connectivity index (χ4n) is 1.98. The summed E-state index contributed by atoms with van der Waals surface area (Å²) in [6.07, 6.45) is 3.39. The molecule has 1 aliphatic heterocycles. The maximum absolute atomic E-state index is 11.8. The Morgan fingerprint density at radius 1 is 1.38 bits per heavy atom. The van der Waals surface area contributed by atoms with Gasteiger partial charge in [-0.3, -0.25) is 4.79 Å². The van der Waals surface area contributed by atoms with E-state index in [4.69, 9.17) is 0 Å². The Kier molecular flexibility index (Phi) is 4.52. The van der Waals surface area contributed by atoms with E-state index >= 15 is 0 Å². The van der Waals surface area contributed by atoms with E-state index in [1.165, 1.54) is 0 Å². The summed E-state index contributed by atoms with van der Waals surface area (Å²) in [5.74, 6) is 0.117. The molecule has 0 aromatic heterocycles. The van der Waals surface area contributed by atoms with Crippen LogP contribution in [0.15, 0.2) is 11.3 Å². The van der Waals surface area contributed by atoms with E-state index in [-0.39, 0.29) is 17.9 Å². The maximum atomic E-state index is 11.8. The summed E-state index contributed by atoms with van der Waals surface area (Å²) < 4.78 is 0. The van der Waals surface area contributed by atoms with E-state index in [1.807, 2.05) is 6.92 Å². The summed E-state index contributed by atoms with van der Waals surface area (Å²) in [5.41, 5.74) is 1.45. The zero-order chi connectivity index (χ0) is 12.1. The second-order valence-corrected chi connectivity index (χ2v) is 4.11. The number of ketones is 1. The van der Waals surface area contributed by atoms with E-state index in [0.717, 1.165) is 24.8 Å². The number of nitrogens with one attached hydrogen (secondary N) is 2. The van der Waals surface area contributed by atoms with Crippen LogP contribution in [0.4, 0.5) is 4.79 Å². The van der Waals surface area contributed by atoms with Crippen molar-refractivity contribution in [2.75, 3.05) is 0 Å². The van der Waals surface area contributed by atoms with Crippen molar-refractivity contribution in [3.63, 3.8) is 0 Å². The highest BCUT2D eigenvalue weighted by molar-refractivity contribution is 5.99. The Labute approximate surface area is 96.5 Å². The van der Waals surface area contributed by atoms with Gasteiger partial charge in [0, 0.05) is 17.7 Å². The van der Waals surface area contributed by atoms with Crippen LogP contribution in [0.2, 0.25) is 0 Å². The lowest BCUT2D eigenvalue weighted by Crippen LogP contribution is -2.49. The van der Waals surface area contributed by atoms with E-state index in [2.05, 4.69) is 17.6 Å². The van der Waals surface area contributed by atoms with Crippen LogP contribution in [-0.2, 0) is 4.79 Å². The van der Waals surface area contributed by atoms with Gasteiger partial charge in [0.2, 0.25) is 0 Å². The van der Waals surface area contributed by atoms with Crippen LogP contribution in [0.5, 0.6) is 0 Å². The van der Waals surface area contributed by atoms with Gasteiger partial charge in [-0.1, -0.05) is 26.7 Å². The van der Waals surface area contributed by atoms with Crippen LogP contribution in [0.3, 0.4) is 0 Å². The molecule has 0 aliphatic carbocycles. The Morgan fingerprint density at radius 2 is 2.06 bits per heavy atom. The third-order valence-corrected chi connectivity index (χ3v) is 2.83. The van der Waals surface area contributed by atoms with Gasteiger partial charge < -0.3 is 10.6 Å². The molecule has 0 spiro atoms. The zero-order valence-electron chi connectivity index (χ0n) is 10.2. The summed E-state index contributed by atoms with van der Waals surface area (Å²) in [6.45, 7) is 5.73. The van der Waals surface area contributed by atoms with Crippen molar-refractivity contribution in [2.45, 2.75) is 52.5 Å². The summed E-state index contributed by atoms with van der Waals surface area (Å²) in [7, 11) is 0. The summed E-state index contributed by atoms with van der Waals surface area (Å²) >= 11 is 0. The van der Waals surface area contributed by atoms with E-state index in [0.29, 0.717) is 12.1 Å². The fourth-order valence-corrected chi connectivity index (χ4v) is 1.98.